The molecule has 0 saturated carbocycles. The SMILES string of the molecule is C[C@@H](C(=O)OCCn1cccn1)N1C(=O)c2cc(Cl)c(Cl)cc2C1=O. The summed E-state index contributed by atoms with van der Waals surface area (Å²) in [5, 5.41) is 4.31. The Bertz CT molecular complexity index is 810. The molecule has 1 atom stereocenters. The Morgan fingerprint density at radius 3 is 2.32 bits per heavy atom. The van der Waals surface area contributed by atoms with Gasteiger partial charge in [-0.1, -0.05) is 23.2 Å². The Labute approximate surface area is 153 Å². The minimum atomic E-state index is -1.07. The fourth-order valence-electron chi connectivity index (χ4n) is 2.50. The average Bonchev–Trinajstić information content (AvgIpc) is 3.16. The maximum atomic E-state index is 12.5. The highest BCUT2D eigenvalue weighted by Crippen LogP contribution is 2.32. The average molecular weight is 382 g/mol. The second-order valence-electron chi connectivity index (χ2n) is 5.40. The zero-order valence-electron chi connectivity index (χ0n) is 13.1. The van der Waals surface area contributed by atoms with Crippen LogP contribution in [0, 0.1) is 0 Å². The van der Waals surface area contributed by atoms with Gasteiger partial charge < -0.3 is 4.74 Å². The van der Waals surface area contributed by atoms with Crippen LogP contribution in [-0.2, 0) is 16.1 Å². The molecule has 9 heteroatoms. The lowest BCUT2D eigenvalue weighted by molar-refractivity contribution is -0.148. The largest absolute Gasteiger partial charge is 0.462 e. The summed E-state index contributed by atoms with van der Waals surface area (Å²) >= 11 is 11.8. The zero-order chi connectivity index (χ0) is 18.1. The van der Waals surface area contributed by atoms with Gasteiger partial charge >= 0.3 is 5.97 Å². The van der Waals surface area contributed by atoms with Crippen molar-refractivity contribution in [2.45, 2.75) is 19.5 Å². The molecule has 0 radical (unpaired) electrons. The second kappa shape index (κ2) is 6.85. The van der Waals surface area contributed by atoms with E-state index < -0.39 is 23.8 Å². The third kappa shape index (κ3) is 3.25. The van der Waals surface area contributed by atoms with Crippen LogP contribution in [-0.4, -0.2) is 45.1 Å². The van der Waals surface area contributed by atoms with Crippen LogP contribution in [0.4, 0.5) is 0 Å². The van der Waals surface area contributed by atoms with Crippen molar-refractivity contribution in [2.24, 2.45) is 0 Å². The number of carbonyl (C=O) groups excluding carboxylic acids is 3. The smallest absolute Gasteiger partial charge is 0.329 e. The number of carbonyl (C=O) groups is 3. The monoisotopic (exact) mass is 381 g/mol. The van der Waals surface area contributed by atoms with E-state index in [1.165, 1.54) is 19.1 Å². The van der Waals surface area contributed by atoms with Gasteiger partial charge in [-0.25, -0.2) is 4.79 Å². The Kier molecular flexibility index (Phi) is 4.78. The van der Waals surface area contributed by atoms with E-state index >= 15 is 0 Å². The van der Waals surface area contributed by atoms with Crippen LogP contribution < -0.4 is 0 Å². The second-order valence-corrected chi connectivity index (χ2v) is 6.22. The van der Waals surface area contributed by atoms with Crippen molar-refractivity contribution in [1.29, 1.82) is 0 Å². The molecule has 0 spiro atoms. The minimum absolute atomic E-state index is 0.0751. The van der Waals surface area contributed by atoms with E-state index in [1.807, 2.05) is 0 Å². The van der Waals surface area contributed by atoms with E-state index in [2.05, 4.69) is 5.10 Å². The van der Waals surface area contributed by atoms with Crippen molar-refractivity contribution < 1.29 is 19.1 Å². The summed E-state index contributed by atoms with van der Waals surface area (Å²) in [7, 11) is 0. The van der Waals surface area contributed by atoms with Crippen LogP contribution in [0.2, 0.25) is 10.0 Å². The molecule has 3 rings (SSSR count). The van der Waals surface area contributed by atoms with E-state index in [9.17, 15) is 14.4 Å². The van der Waals surface area contributed by atoms with Gasteiger partial charge in [0.25, 0.3) is 11.8 Å². The summed E-state index contributed by atoms with van der Waals surface area (Å²) in [4.78, 5) is 38.0. The molecule has 7 nitrogen and oxygen atoms in total. The molecule has 2 heterocycles. The quantitative estimate of drug-likeness (QED) is 0.586. The van der Waals surface area contributed by atoms with Gasteiger partial charge in [0.1, 0.15) is 12.6 Å². The van der Waals surface area contributed by atoms with Gasteiger partial charge in [-0.15, -0.1) is 0 Å². The first-order valence-corrected chi connectivity index (χ1v) is 8.16. The van der Waals surface area contributed by atoms with Gasteiger partial charge in [0, 0.05) is 12.4 Å². The number of rotatable bonds is 5. The lowest BCUT2D eigenvalue weighted by Gasteiger charge is -2.20. The Morgan fingerprint density at radius 2 is 1.80 bits per heavy atom. The fraction of sp³-hybridized carbons (Fsp3) is 0.250. The molecule has 0 aliphatic carbocycles. The number of hydrogen-bond donors (Lipinski definition) is 0. The first-order valence-electron chi connectivity index (χ1n) is 7.41. The van der Waals surface area contributed by atoms with Crippen LogP contribution in [0.5, 0.6) is 0 Å². The van der Waals surface area contributed by atoms with Crippen molar-refractivity contribution in [3.63, 3.8) is 0 Å². The highest BCUT2D eigenvalue weighted by molar-refractivity contribution is 6.43. The molecule has 0 unspecified atom stereocenters. The van der Waals surface area contributed by atoms with Crippen LogP contribution >= 0.6 is 23.2 Å². The zero-order valence-corrected chi connectivity index (χ0v) is 14.6. The number of esters is 1. The van der Waals surface area contributed by atoms with E-state index in [0.717, 1.165) is 4.90 Å². The molecular formula is C16H13Cl2N3O4. The number of benzene rings is 1. The molecule has 0 bridgehead atoms. The summed E-state index contributed by atoms with van der Waals surface area (Å²) in [6.45, 7) is 1.88. The van der Waals surface area contributed by atoms with E-state index in [0.29, 0.717) is 6.54 Å². The molecule has 25 heavy (non-hydrogen) atoms. The standard InChI is InChI=1S/C16H13Cl2N3O4/c1-9(16(24)25-6-5-20-4-2-3-19-20)21-14(22)10-7-12(17)13(18)8-11(10)15(21)23/h2-4,7-9H,5-6H2,1H3/t9-/m0/s1. The van der Waals surface area contributed by atoms with Gasteiger partial charge in [-0.05, 0) is 25.1 Å². The number of imide groups is 1. The van der Waals surface area contributed by atoms with Crippen molar-refractivity contribution in [2.75, 3.05) is 6.61 Å². The van der Waals surface area contributed by atoms with Gasteiger partial charge in [-0.3, -0.25) is 19.2 Å². The summed E-state index contributed by atoms with van der Waals surface area (Å²) in [5.41, 5.74) is 0.242. The van der Waals surface area contributed by atoms with E-state index in [1.54, 1.807) is 23.1 Å². The van der Waals surface area contributed by atoms with Crippen molar-refractivity contribution in [3.8, 4) is 0 Å². The summed E-state index contributed by atoms with van der Waals surface area (Å²) in [5.74, 6) is -1.89. The first-order chi connectivity index (χ1) is 11.9. The van der Waals surface area contributed by atoms with Gasteiger partial charge in [-0.2, -0.15) is 5.10 Å². The molecule has 0 N–H and O–H groups in total. The molecule has 0 fully saturated rings. The third-order valence-electron chi connectivity index (χ3n) is 3.81. The maximum absolute atomic E-state index is 12.5. The summed E-state index contributed by atoms with van der Waals surface area (Å²) in [6.07, 6.45) is 3.34. The number of halogens is 2. The number of ether oxygens (including phenoxy) is 1. The molecule has 0 saturated heterocycles. The van der Waals surface area contributed by atoms with Crippen molar-refractivity contribution in [1.82, 2.24) is 14.7 Å². The third-order valence-corrected chi connectivity index (χ3v) is 4.53. The van der Waals surface area contributed by atoms with E-state index in [4.69, 9.17) is 27.9 Å². The number of fused-ring (bicyclic) bond motifs is 1. The molecule has 1 aromatic heterocycles. The highest BCUT2D eigenvalue weighted by Gasteiger charge is 2.42. The van der Waals surface area contributed by atoms with Crippen LogP contribution in [0.25, 0.3) is 0 Å². The lowest BCUT2D eigenvalue weighted by atomic mass is 10.1. The first kappa shape index (κ1) is 17.4. The Balaban J connectivity index is 1.69. The predicted octanol–water partition coefficient (Wildman–Crippen LogP) is 2.42. The number of hydrogen-bond acceptors (Lipinski definition) is 5. The number of aromatic nitrogens is 2. The molecule has 2 aromatic rings. The van der Waals surface area contributed by atoms with Crippen molar-refractivity contribution >= 4 is 41.0 Å². The molecule has 1 aliphatic heterocycles. The Morgan fingerprint density at radius 1 is 1.20 bits per heavy atom. The Hall–Kier alpha value is -2.38. The summed E-state index contributed by atoms with van der Waals surface area (Å²) in [6, 6.07) is 3.34. The number of amides is 2. The molecular weight excluding hydrogens is 369 g/mol. The fourth-order valence-corrected chi connectivity index (χ4v) is 2.83. The predicted molar refractivity (Wildman–Crippen MR) is 89.6 cm³/mol. The van der Waals surface area contributed by atoms with Gasteiger partial charge in [0.15, 0.2) is 0 Å². The number of nitrogens with zero attached hydrogens (tertiary/aromatic N) is 3. The van der Waals surface area contributed by atoms with Crippen LogP contribution in [0.3, 0.4) is 0 Å². The van der Waals surface area contributed by atoms with Gasteiger partial charge in [0.2, 0.25) is 0 Å². The van der Waals surface area contributed by atoms with Crippen LogP contribution in [0.1, 0.15) is 27.6 Å². The minimum Gasteiger partial charge on any atom is -0.462 e. The normalized spacial score (nSPS) is 14.6. The van der Waals surface area contributed by atoms with Crippen molar-refractivity contribution in [3.05, 3.63) is 51.8 Å². The van der Waals surface area contributed by atoms with Crippen LogP contribution in [0.15, 0.2) is 30.6 Å². The molecule has 1 aromatic carbocycles. The molecule has 130 valence electrons. The highest BCUT2D eigenvalue weighted by atomic mass is 35.5. The topological polar surface area (TPSA) is 81.5 Å². The summed E-state index contributed by atoms with van der Waals surface area (Å²) < 4.78 is 6.74. The van der Waals surface area contributed by atoms with Gasteiger partial charge in [0.05, 0.1) is 27.7 Å². The molecule has 2 amide bonds. The molecule has 1 aliphatic rings. The maximum Gasteiger partial charge on any atom is 0.329 e. The lowest BCUT2D eigenvalue weighted by Crippen LogP contribution is -2.43. The van der Waals surface area contributed by atoms with E-state index in [-0.39, 0.29) is 27.8 Å².